The molecule has 0 bridgehead atoms. The first kappa shape index (κ1) is 15.8. The molecule has 22 heavy (non-hydrogen) atoms. The van der Waals surface area contributed by atoms with Gasteiger partial charge in [-0.15, -0.1) is 0 Å². The van der Waals surface area contributed by atoms with E-state index in [0.717, 1.165) is 17.1 Å². The SMILES string of the molecule is CCOc1ccc(OCC)c(/C=C/C(=O)c2ccccc2)c1. The van der Waals surface area contributed by atoms with Gasteiger partial charge in [0, 0.05) is 11.1 Å². The van der Waals surface area contributed by atoms with Gasteiger partial charge in [0.05, 0.1) is 13.2 Å². The first-order valence-electron chi connectivity index (χ1n) is 7.41. The van der Waals surface area contributed by atoms with Gasteiger partial charge in [-0.05, 0) is 44.2 Å². The molecular formula is C19H20O3. The van der Waals surface area contributed by atoms with Gasteiger partial charge in [0.25, 0.3) is 0 Å². The smallest absolute Gasteiger partial charge is 0.185 e. The molecule has 2 aromatic carbocycles. The minimum atomic E-state index is -0.0372. The van der Waals surface area contributed by atoms with E-state index < -0.39 is 0 Å². The maximum atomic E-state index is 12.1. The lowest BCUT2D eigenvalue weighted by Crippen LogP contribution is -1.97. The van der Waals surface area contributed by atoms with Crippen LogP contribution in [-0.2, 0) is 0 Å². The number of benzene rings is 2. The zero-order valence-electron chi connectivity index (χ0n) is 12.9. The van der Waals surface area contributed by atoms with Crippen LogP contribution in [0.2, 0.25) is 0 Å². The molecule has 0 radical (unpaired) electrons. The number of ether oxygens (including phenoxy) is 2. The number of carbonyl (C=O) groups excluding carboxylic acids is 1. The molecular weight excluding hydrogens is 276 g/mol. The van der Waals surface area contributed by atoms with Gasteiger partial charge in [-0.1, -0.05) is 30.3 Å². The van der Waals surface area contributed by atoms with E-state index in [0.29, 0.717) is 18.8 Å². The van der Waals surface area contributed by atoms with Crippen LogP contribution in [0.1, 0.15) is 29.8 Å². The van der Waals surface area contributed by atoms with Crippen molar-refractivity contribution in [3.8, 4) is 11.5 Å². The van der Waals surface area contributed by atoms with Crippen LogP contribution in [0.3, 0.4) is 0 Å². The zero-order chi connectivity index (χ0) is 15.8. The topological polar surface area (TPSA) is 35.5 Å². The maximum absolute atomic E-state index is 12.1. The number of hydrogen-bond donors (Lipinski definition) is 0. The van der Waals surface area contributed by atoms with Crippen molar-refractivity contribution < 1.29 is 14.3 Å². The summed E-state index contributed by atoms with van der Waals surface area (Å²) in [6.45, 7) is 5.03. The van der Waals surface area contributed by atoms with E-state index in [1.807, 2.05) is 50.2 Å². The number of hydrogen-bond acceptors (Lipinski definition) is 3. The zero-order valence-corrected chi connectivity index (χ0v) is 12.9. The van der Waals surface area contributed by atoms with Crippen LogP contribution in [0.5, 0.6) is 11.5 Å². The summed E-state index contributed by atoms with van der Waals surface area (Å²) in [5.74, 6) is 1.46. The molecule has 0 aliphatic rings. The van der Waals surface area contributed by atoms with Gasteiger partial charge in [0.15, 0.2) is 5.78 Å². The second-order valence-corrected chi connectivity index (χ2v) is 4.63. The molecule has 3 heteroatoms. The van der Waals surface area contributed by atoms with Crippen molar-refractivity contribution in [2.24, 2.45) is 0 Å². The molecule has 3 nitrogen and oxygen atoms in total. The lowest BCUT2D eigenvalue weighted by atomic mass is 10.1. The Balaban J connectivity index is 2.24. The Morgan fingerprint density at radius 3 is 2.41 bits per heavy atom. The molecule has 0 aliphatic heterocycles. The van der Waals surface area contributed by atoms with Gasteiger partial charge in [-0.25, -0.2) is 0 Å². The van der Waals surface area contributed by atoms with Crippen molar-refractivity contribution in [2.45, 2.75) is 13.8 Å². The fourth-order valence-electron chi connectivity index (χ4n) is 2.06. The Labute approximate surface area is 131 Å². The summed E-state index contributed by atoms with van der Waals surface area (Å²) < 4.78 is 11.1. The van der Waals surface area contributed by atoms with Crippen LogP contribution >= 0.6 is 0 Å². The lowest BCUT2D eigenvalue weighted by Gasteiger charge is -2.10. The minimum Gasteiger partial charge on any atom is -0.494 e. The van der Waals surface area contributed by atoms with Gasteiger partial charge in [0.2, 0.25) is 0 Å². The highest BCUT2D eigenvalue weighted by Gasteiger charge is 2.05. The Morgan fingerprint density at radius 1 is 1.00 bits per heavy atom. The summed E-state index contributed by atoms with van der Waals surface area (Å²) in [5.41, 5.74) is 1.50. The van der Waals surface area contributed by atoms with Crippen molar-refractivity contribution >= 4 is 11.9 Å². The van der Waals surface area contributed by atoms with E-state index in [1.54, 1.807) is 24.3 Å². The van der Waals surface area contributed by atoms with Crippen LogP contribution < -0.4 is 9.47 Å². The average Bonchev–Trinajstić information content (AvgIpc) is 2.56. The standard InChI is InChI=1S/C19H20O3/c1-3-21-17-11-13-19(22-4-2)16(14-17)10-12-18(20)15-8-6-5-7-9-15/h5-14H,3-4H2,1-2H3/b12-10+. The normalized spacial score (nSPS) is 10.6. The molecule has 0 spiro atoms. The molecule has 0 atom stereocenters. The molecule has 0 aliphatic carbocycles. The third-order valence-corrected chi connectivity index (χ3v) is 3.06. The van der Waals surface area contributed by atoms with Crippen molar-refractivity contribution in [3.63, 3.8) is 0 Å². The monoisotopic (exact) mass is 296 g/mol. The number of ketones is 1. The highest BCUT2D eigenvalue weighted by atomic mass is 16.5. The summed E-state index contributed by atoms with van der Waals surface area (Å²) in [6, 6.07) is 14.8. The molecule has 114 valence electrons. The van der Waals surface area contributed by atoms with E-state index in [9.17, 15) is 4.79 Å². The van der Waals surface area contributed by atoms with E-state index >= 15 is 0 Å². The summed E-state index contributed by atoms with van der Waals surface area (Å²) in [7, 11) is 0. The van der Waals surface area contributed by atoms with Crippen molar-refractivity contribution in [1.82, 2.24) is 0 Å². The molecule has 0 saturated carbocycles. The van der Waals surface area contributed by atoms with Crippen molar-refractivity contribution in [1.29, 1.82) is 0 Å². The fourth-order valence-corrected chi connectivity index (χ4v) is 2.06. The summed E-state index contributed by atoms with van der Waals surface area (Å²) >= 11 is 0. The van der Waals surface area contributed by atoms with Gasteiger partial charge >= 0.3 is 0 Å². The predicted molar refractivity (Wildman–Crippen MR) is 88.6 cm³/mol. The summed E-state index contributed by atoms with van der Waals surface area (Å²) in [5, 5.41) is 0. The first-order valence-corrected chi connectivity index (χ1v) is 7.41. The van der Waals surface area contributed by atoms with Gasteiger partial charge in [-0.3, -0.25) is 4.79 Å². The summed E-state index contributed by atoms with van der Waals surface area (Å²) in [4.78, 5) is 12.1. The minimum absolute atomic E-state index is 0.0372. The van der Waals surface area contributed by atoms with E-state index in [2.05, 4.69) is 0 Å². The molecule has 0 saturated heterocycles. The van der Waals surface area contributed by atoms with Gasteiger partial charge in [-0.2, -0.15) is 0 Å². The van der Waals surface area contributed by atoms with E-state index in [1.165, 1.54) is 0 Å². The van der Waals surface area contributed by atoms with Crippen molar-refractivity contribution in [2.75, 3.05) is 13.2 Å². The second kappa shape index (κ2) is 8.03. The van der Waals surface area contributed by atoms with Crippen LogP contribution in [0.15, 0.2) is 54.6 Å². The number of carbonyl (C=O) groups is 1. The molecule has 0 heterocycles. The highest BCUT2D eigenvalue weighted by molar-refractivity contribution is 6.06. The largest absolute Gasteiger partial charge is 0.494 e. The van der Waals surface area contributed by atoms with E-state index in [-0.39, 0.29) is 5.78 Å². The molecule has 0 amide bonds. The van der Waals surface area contributed by atoms with E-state index in [4.69, 9.17) is 9.47 Å². The number of allylic oxidation sites excluding steroid dienone is 1. The Bertz CT molecular complexity index is 645. The number of rotatable bonds is 7. The molecule has 0 fully saturated rings. The predicted octanol–water partition coefficient (Wildman–Crippen LogP) is 4.38. The Kier molecular flexibility index (Phi) is 5.78. The average molecular weight is 296 g/mol. The van der Waals surface area contributed by atoms with Gasteiger partial charge in [0.1, 0.15) is 11.5 Å². The molecule has 2 aromatic rings. The molecule has 0 unspecified atom stereocenters. The summed E-state index contributed by atoms with van der Waals surface area (Å²) in [6.07, 6.45) is 3.33. The van der Waals surface area contributed by atoms with Crippen LogP contribution in [0.25, 0.3) is 6.08 Å². The molecule has 0 aromatic heterocycles. The third-order valence-electron chi connectivity index (χ3n) is 3.06. The quantitative estimate of drug-likeness (QED) is 0.562. The highest BCUT2D eigenvalue weighted by Crippen LogP contribution is 2.26. The maximum Gasteiger partial charge on any atom is 0.185 e. The van der Waals surface area contributed by atoms with Crippen LogP contribution in [0.4, 0.5) is 0 Å². The second-order valence-electron chi connectivity index (χ2n) is 4.63. The molecule has 2 rings (SSSR count). The Morgan fingerprint density at radius 2 is 1.73 bits per heavy atom. The third kappa shape index (κ3) is 4.22. The molecule has 0 N–H and O–H groups in total. The fraction of sp³-hybridized carbons (Fsp3) is 0.211. The van der Waals surface area contributed by atoms with Crippen LogP contribution in [-0.4, -0.2) is 19.0 Å². The Hall–Kier alpha value is -2.55. The first-order chi connectivity index (χ1) is 10.7. The van der Waals surface area contributed by atoms with Crippen molar-refractivity contribution in [3.05, 3.63) is 65.7 Å². The van der Waals surface area contributed by atoms with Gasteiger partial charge < -0.3 is 9.47 Å². The lowest BCUT2D eigenvalue weighted by molar-refractivity contribution is 0.104. The van der Waals surface area contributed by atoms with Crippen LogP contribution in [0, 0.1) is 0 Å².